The zero-order valence-electron chi connectivity index (χ0n) is 13.5. The highest BCUT2D eigenvalue weighted by molar-refractivity contribution is 9.10. The quantitative estimate of drug-likeness (QED) is 0.839. The fraction of sp³-hybridized carbons (Fsp3) is 0.316. The van der Waals surface area contributed by atoms with Crippen molar-refractivity contribution < 1.29 is 14.3 Å². The third-order valence-electron chi connectivity index (χ3n) is 3.99. The summed E-state index contributed by atoms with van der Waals surface area (Å²) in [6.45, 7) is 3.18. The van der Waals surface area contributed by atoms with Gasteiger partial charge in [0.25, 0.3) is 0 Å². The number of benzene rings is 2. The average Bonchev–Trinajstić information content (AvgIpc) is 2.60. The zero-order valence-corrected chi connectivity index (χ0v) is 15.1. The summed E-state index contributed by atoms with van der Waals surface area (Å²) in [7, 11) is 0. The molecule has 3 rings (SSSR count). The van der Waals surface area contributed by atoms with Gasteiger partial charge in [-0.3, -0.25) is 4.79 Å². The first-order chi connectivity index (χ1) is 11.7. The number of hydrogen-bond acceptors (Lipinski definition) is 3. The molecule has 0 fully saturated rings. The van der Waals surface area contributed by atoms with Crippen LogP contribution in [-0.4, -0.2) is 19.1 Å². The van der Waals surface area contributed by atoms with E-state index in [0.717, 1.165) is 27.8 Å². The minimum absolute atomic E-state index is 0.00134. The molecule has 1 heterocycles. The van der Waals surface area contributed by atoms with Crippen molar-refractivity contribution in [1.82, 2.24) is 5.32 Å². The van der Waals surface area contributed by atoms with Crippen molar-refractivity contribution in [1.29, 1.82) is 0 Å². The predicted octanol–water partition coefficient (Wildman–Crippen LogP) is 4.03. The highest BCUT2D eigenvalue weighted by atomic mass is 79.9. The summed E-state index contributed by atoms with van der Waals surface area (Å²) in [5.41, 5.74) is 2.03. The van der Waals surface area contributed by atoms with Gasteiger partial charge in [0.2, 0.25) is 5.91 Å². The predicted molar refractivity (Wildman–Crippen MR) is 96.5 cm³/mol. The molecule has 1 aliphatic rings. The van der Waals surface area contributed by atoms with Gasteiger partial charge in [-0.1, -0.05) is 41.1 Å². The second kappa shape index (κ2) is 7.71. The molecule has 1 unspecified atom stereocenters. The van der Waals surface area contributed by atoms with E-state index in [1.165, 1.54) is 0 Å². The minimum Gasteiger partial charge on any atom is -0.486 e. The third kappa shape index (κ3) is 4.09. The van der Waals surface area contributed by atoms with Crippen LogP contribution in [0.2, 0.25) is 0 Å². The number of ether oxygens (including phenoxy) is 2. The molecule has 0 radical (unpaired) electrons. The van der Waals surface area contributed by atoms with E-state index in [9.17, 15) is 4.79 Å². The lowest BCUT2D eigenvalue weighted by Crippen LogP contribution is -2.29. The van der Waals surface area contributed by atoms with Crippen LogP contribution < -0.4 is 14.8 Å². The van der Waals surface area contributed by atoms with Gasteiger partial charge in [-0.2, -0.15) is 0 Å². The van der Waals surface area contributed by atoms with Gasteiger partial charge in [0.15, 0.2) is 11.5 Å². The molecule has 2 aromatic carbocycles. The van der Waals surface area contributed by atoms with Crippen molar-refractivity contribution in [3.05, 3.63) is 58.1 Å². The maximum atomic E-state index is 12.4. The van der Waals surface area contributed by atoms with Gasteiger partial charge in [0.05, 0.1) is 12.5 Å². The molecule has 0 aromatic heterocycles. The molecule has 1 atom stereocenters. The summed E-state index contributed by atoms with van der Waals surface area (Å²) in [5, 5.41) is 3.10. The summed E-state index contributed by atoms with van der Waals surface area (Å²) in [6.07, 6.45) is 1.16. The SMILES string of the molecule is CCC(NC(=O)Cc1ccc2c(c1)OCCO2)c1ccc(Br)cc1. The summed E-state index contributed by atoms with van der Waals surface area (Å²) < 4.78 is 12.1. The van der Waals surface area contributed by atoms with Crippen LogP contribution in [-0.2, 0) is 11.2 Å². The van der Waals surface area contributed by atoms with E-state index < -0.39 is 0 Å². The Kier molecular flexibility index (Phi) is 5.41. The molecular weight excluding hydrogens is 370 g/mol. The standard InChI is InChI=1S/C19H20BrNO3/c1-2-16(14-4-6-15(20)7-5-14)21-19(22)12-13-3-8-17-18(11-13)24-10-9-23-17/h3-8,11,16H,2,9-10,12H2,1H3,(H,21,22). The Balaban J connectivity index is 1.65. The lowest BCUT2D eigenvalue weighted by atomic mass is 10.0. The average molecular weight is 390 g/mol. The fourth-order valence-corrected chi connectivity index (χ4v) is 3.01. The molecule has 0 bridgehead atoms. The Morgan fingerprint density at radius 3 is 2.54 bits per heavy atom. The van der Waals surface area contributed by atoms with E-state index >= 15 is 0 Å². The van der Waals surface area contributed by atoms with Crippen molar-refractivity contribution in [2.75, 3.05) is 13.2 Å². The van der Waals surface area contributed by atoms with Crippen LogP contribution in [0.15, 0.2) is 46.9 Å². The summed E-state index contributed by atoms with van der Waals surface area (Å²) in [4.78, 5) is 12.4. The molecule has 24 heavy (non-hydrogen) atoms. The molecule has 0 saturated carbocycles. The highest BCUT2D eigenvalue weighted by Crippen LogP contribution is 2.31. The summed E-state index contributed by atoms with van der Waals surface area (Å²) in [5.74, 6) is 1.46. The molecule has 0 aliphatic carbocycles. The maximum absolute atomic E-state index is 12.4. The number of halogens is 1. The number of fused-ring (bicyclic) bond motifs is 1. The minimum atomic E-state index is 0.00134. The van der Waals surface area contributed by atoms with E-state index in [2.05, 4.69) is 28.2 Å². The van der Waals surface area contributed by atoms with Crippen LogP contribution in [0.1, 0.15) is 30.5 Å². The fourth-order valence-electron chi connectivity index (χ4n) is 2.74. The Morgan fingerprint density at radius 1 is 1.12 bits per heavy atom. The Bertz CT molecular complexity index is 715. The monoisotopic (exact) mass is 389 g/mol. The van der Waals surface area contributed by atoms with Crippen molar-refractivity contribution in [3.63, 3.8) is 0 Å². The molecule has 1 N–H and O–H groups in total. The lowest BCUT2D eigenvalue weighted by molar-refractivity contribution is -0.121. The Hall–Kier alpha value is -2.01. The third-order valence-corrected chi connectivity index (χ3v) is 4.52. The van der Waals surface area contributed by atoms with Crippen LogP contribution >= 0.6 is 15.9 Å². The van der Waals surface area contributed by atoms with Crippen molar-refractivity contribution >= 4 is 21.8 Å². The van der Waals surface area contributed by atoms with Gasteiger partial charge in [0.1, 0.15) is 13.2 Å². The normalized spacial score (nSPS) is 14.1. The van der Waals surface area contributed by atoms with Crippen LogP contribution in [0, 0.1) is 0 Å². The Morgan fingerprint density at radius 2 is 1.83 bits per heavy atom. The van der Waals surface area contributed by atoms with Gasteiger partial charge in [-0.25, -0.2) is 0 Å². The van der Waals surface area contributed by atoms with Crippen LogP contribution in [0.4, 0.5) is 0 Å². The maximum Gasteiger partial charge on any atom is 0.224 e. The van der Waals surface area contributed by atoms with E-state index in [1.807, 2.05) is 42.5 Å². The lowest BCUT2D eigenvalue weighted by Gasteiger charge is -2.20. The molecule has 4 nitrogen and oxygen atoms in total. The number of carbonyl (C=O) groups excluding carboxylic acids is 1. The molecule has 5 heteroatoms. The first-order valence-electron chi connectivity index (χ1n) is 8.09. The van der Waals surface area contributed by atoms with Crippen LogP contribution in [0.3, 0.4) is 0 Å². The number of nitrogens with one attached hydrogen (secondary N) is 1. The van der Waals surface area contributed by atoms with Gasteiger partial charge in [0, 0.05) is 4.47 Å². The van der Waals surface area contributed by atoms with Gasteiger partial charge in [-0.15, -0.1) is 0 Å². The van der Waals surface area contributed by atoms with Crippen LogP contribution in [0.25, 0.3) is 0 Å². The van der Waals surface area contributed by atoms with Gasteiger partial charge >= 0.3 is 0 Å². The van der Waals surface area contributed by atoms with E-state index in [4.69, 9.17) is 9.47 Å². The van der Waals surface area contributed by atoms with Crippen molar-refractivity contribution in [3.8, 4) is 11.5 Å². The second-order valence-corrected chi connectivity index (χ2v) is 6.65. The van der Waals surface area contributed by atoms with Gasteiger partial charge < -0.3 is 14.8 Å². The van der Waals surface area contributed by atoms with E-state index in [-0.39, 0.29) is 11.9 Å². The zero-order chi connectivity index (χ0) is 16.9. The number of amides is 1. The second-order valence-electron chi connectivity index (χ2n) is 5.73. The topological polar surface area (TPSA) is 47.6 Å². The first-order valence-corrected chi connectivity index (χ1v) is 8.88. The van der Waals surface area contributed by atoms with Gasteiger partial charge in [-0.05, 0) is 41.8 Å². The smallest absolute Gasteiger partial charge is 0.224 e. The van der Waals surface area contributed by atoms with Crippen molar-refractivity contribution in [2.45, 2.75) is 25.8 Å². The molecular formula is C19H20BrNO3. The molecule has 126 valence electrons. The largest absolute Gasteiger partial charge is 0.486 e. The van der Waals surface area contributed by atoms with E-state index in [1.54, 1.807) is 0 Å². The Labute approximate surface area is 150 Å². The van der Waals surface area contributed by atoms with Crippen molar-refractivity contribution in [2.24, 2.45) is 0 Å². The molecule has 0 spiro atoms. The summed E-state index contributed by atoms with van der Waals surface area (Å²) in [6, 6.07) is 13.7. The molecule has 1 amide bonds. The van der Waals surface area contributed by atoms with E-state index in [0.29, 0.717) is 25.4 Å². The van der Waals surface area contributed by atoms with Crippen LogP contribution in [0.5, 0.6) is 11.5 Å². The number of carbonyl (C=O) groups is 1. The number of rotatable bonds is 5. The molecule has 2 aromatic rings. The summed E-state index contributed by atoms with van der Waals surface area (Å²) >= 11 is 3.43. The number of hydrogen-bond donors (Lipinski definition) is 1. The first kappa shape index (κ1) is 16.8. The highest BCUT2D eigenvalue weighted by Gasteiger charge is 2.16. The molecule has 0 saturated heterocycles. The molecule has 1 aliphatic heterocycles.